The van der Waals surface area contributed by atoms with Crippen LogP contribution in [0.25, 0.3) is 6.08 Å². The first-order valence-corrected chi connectivity index (χ1v) is 10.9. The number of rotatable bonds is 8. The van der Waals surface area contributed by atoms with E-state index in [1.54, 1.807) is 18.2 Å². The second-order valence-corrected chi connectivity index (χ2v) is 8.22. The van der Waals surface area contributed by atoms with Crippen LogP contribution >= 0.6 is 27.5 Å². The van der Waals surface area contributed by atoms with Crippen molar-refractivity contribution < 1.29 is 19.2 Å². The number of hydrogen-bond donors (Lipinski definition) is 1. The molecule has 8 nitrogen and oxygen atoms in total. The van der Waals surface area contributed by atoms with Crippen molar-refractivity contribution in [3.8, 4) is 17.6 Å². The van der Waals surface area contributed by atoms with Gasteiger partial charge in [-0.1, -0.05) is 45.7 Å². The zero-order valence-corrected chi connectivity index (χ0v) is 20.1. The van der Waals surface area contributed by atoms with Crippen molar-refractivity contribution in [2.75, 3.05) is 12.4 Å². The topological polar surface area (TPSA) is 114 Å². The molecule has 0 radical (unpaired) electrons. The van der Waals surface area contributed by atoms with E-state index in [4.69, 9.17) is 21.1 Å². The van der Waals surface area contributed by atoms with E-state index in [0.717, 1.165) is 16.1 Å². The fraction of sp³-hybridized carbons (Fsp3) is 0.0833. The van der Waals surface area contributed by atoms with Crippen molar-refractivity contribution in [2.45, 2.75) is 6.61 Å². The van der Waals surface area contributed by atoms with E-state index >= 15 is 0 Å². The first-order valence-electron chi connectivity index (χ1n) is 9.73. The summed E-state index contributed by atoms with van der Waals surface area (Å²) in [6, 6.07) is 18.2. The quantitative estimate of drug-likeness (QED) is 0.158. The largest absolute Gasteiger partial charge is 0.493 e. The lowest BCUT2D eigenvalue weighted by atomic mass is 10.1. The molecule has 0 aromatic heterocycles. The average Bonchev–Trinajstić information content (AvgIpc) is 2.83. The first kappa shape index (κ1) is 24.8. The second-order valence-electron chi connectivity index (χ2n) is 6.87. The van der Waals surface area contributed by atoms with Gasteiger partial charge in [-0.15, -0.1) is 0 Å². The van der Waals surface area contributed by atoms with Gasteiger partial charge >= 0.3 is 0 Å². The molecule has 34 heavy (non-hydrogen) atoms. The molecule has 0 atom stereocenters. The molecule has 0 fully saturated rings. The summed E-state index contributed by atoms with van der Waals surface area (Å²) in [4.78, 5) is 23.2. The number of benzene rings is 3. The first-order chi connectivity index (χ1) is 16.3. The summed E-state index contributed by atoms with van der Waals surface area (Å²) >= 11 is 9.19. The molecule has 0 aliphatic carbocycles. The Kier molecular flexibility index (Phi) is 8.24. The number of ether oxygens (including phenoxy) is 2. The number of nitro groups is 1. The second kappa shape index (κ2) is 11.3. The highest BCUT2D eigenvalue weighted by molar-refractivity contribution is 9.10. The van der Waals surface area contributed by atoms with Gasteiger partial charge in [-0.2, -0.15) is 5.26 Å². The van der Waals surface area contributed by atoms with Crippen LogP contribution in [0.3, 0.4) is 0 Å². The number of nitriles is 1. The lowest BCUT2D eigenvalue weighted by Gasteiger charge is -2.12. The highest BCUT2D eigenvalue weighted by Crippen LogP contribution is 2.31. The minimum atomic E-state index is -0.805. The summed E-state index contributed by atoms with van der Waals surface area (Å²) < 4.78 is 12.2. The van der Waals surface area contributed by atoms with E-state index in [1.807, 2.05) is 30.3 Å². The van der Waals surface area contributed by atoms with E-state index in [2.05, 4.69) is 21.2 Å². The van der Waals surface area contributed by atoms with Crippen molar-refractivity contribution in [3.05, 3.63) is 97.0 Å². The number of amides is 1. The van der Waals surface area contributed by atoms with Gasteiger partial charge in [0, 0.05) is 15.6 Å². The number of carbonyl (C=O) groups excluding carboxylic acids is 1. The van der Waals surface area contributed by atoms with Crippen LogP contribution in [0.2, 0.25) is 5.02 Å². The molecule has 0 saturated heterocycles. The normalized spacial score (nSPS) is 10.8. The van der Waals surface area contributed by atoms with Crippen LogP contribution in [-0.2, 0) is 11.4 Å². The number of nitro benzene ring substituents is 1. The Labute approximate surface area is 208 Å². The Morgan fingerprint density at radius 2 is 1.91 bits per heavy atom. The predicted molar refractivity (Wildman–Crippen MR) is 132 cm³/mol. The highest BCUT2D eigenvalue weighted by atomic mass is 79.9. The molecule has 0 spiro atoms. The van der Waals surface area contributed by atoms with Gasteiger partial charge in [0.15, 0.2) is 11.5 Å². The van der Waals surface area contributed by atoms with E-state index in [0.29, 0.717) is 17.1 Å². The summed E-state index contributed by atoms with van der Waals surface area (Å²) in [5.41, 5.74) is 0.727. The number of nitrogens with one attached hydrogen (secondary N) is 1. The van der Waals surface area contributed by atoms with Crippen LogP contribution in [-0.4, -0.2) is 17.9 Å². The van der Waals surface area contributed by atoms with Crippen LogP contribution < -0.4 is 14.8 Å². The maximum atomic E-state index is 12.6. The molecule has 3 aromatic carbocycles. The van der Waals surface area contributed by atoms with Gasteiger partial charge in [-0.05, 0) is 53.6 Å². The molecule has 1 N–H and O–H groups in total. The van der Waals surface area contributed by atoms with Gasteiger partial charge < -0.3 is 14.8 Å². The Bertz CT molecular complexity index is 1300. The van der Waals surface area contributed by atoms with Crippen molar-refractivity contribution >= 4 is 50.9 Å². The summed E-state index contributed by atoms with van der Waals surface area (Å²) in [6.07, 6.45) is 1.35. The maximum Gasteiger partial charge on any atom is 0.294 e. The summed E-state index contributed by atoms with van der Waals surface area (Å²) in [6.45, 7) is 0.280. The summed E-state index contributed by atoms with van der Waals surface area (Å²) in [7, 11) is 1.50. The standard InChI is InChI=1S/C24H17BrClN3O5/c1-33-22-9-4-16(11-23(22)34-14-15-2-5-18(25)6-3-15)10-17(13-27)24(30)28-20-8-7-19(26)12-21(20)29(31)32/h2-12H,14H2,1H3,(H,28,30)/b17-10+. The predicted octanol–water partition coefficient (Wildman–Crippen LogP) is 6.14. The molecule has 0 unspecified atom stereocenters. The number of nitrogens with zero attached hydrogens (tertiary/aromatic N) is 2. The summed E-state index contributed by atoms with van der Waals surface area (Å²) in [5, 5.41) is 23.3. The minimum absolute atomic E-state index is 0.0752. The molecule has 0 aliphatic heterocycles. The number of methoxy groups -OCH3 is 1. The van der Waals surface area contributed by atoms with Gasteiger partial charge in [0.2, 0.25) is 0 Å². The van der Waals surface area contributed by atoms with E-state index in [-0.39, 0.29) is 28.6 Å². The molecule has 172 valence electrons. The highest BCUT2D eigenvalue weighted by Gasteiger charge is 2.19. The van der Waals surface area contributed by atoms with E-state index < -0.39 is 10.8 Å². The lowest BCUT2D eigenvalue weighted by molar-refractivity contribution is -0.383. The van der Waals surface area contributed by atoms with Crippen molar-refractivity contribution in [2.24, 2.45) is 0 Å². The number of anilines is 1. The fourth-order valence-electron chi connectivity index (χ4n) is 2.90. The molecular formula is C24H17BrClN3O5. The molecular weight excluding hydrogens is 526 g/mol. The Hall–Kier alpha value is -3.87. The van der Waals surface area contributed by atoms with Gasteiger partial charge in [0.1, 0.15) is 23.9 Å². The lowest BCUT2D eigenvalue weighted by Crippen LogP contribution is -2.14. The number of hydrogen-bond acceptors (Lipinski definition) is 6. The minimum Gasteiger partial charge on any atom is -0.493 e. The molecule has 0 bridgehead atoms. The van der Waals surface area contributed by atoms with Crippen molar-refractivity contribution in [1.82, 2.24) is 0 Å². The smallest absolute Gasteiger partial charge is 0.294 e. The molecule has 0 saturated carbocycles. The van der Waals surface area contributed by atoms with Crippen LogP contribution in [0.4, 0.5) is 11.4 Å². The van der Waals surface area contributed by atoms with Gasteiger partial charge in [-0.3, -0.25) is 14.9 Å². The summed E-state index contributed by atoms with van der Waals surface area (Å²) in [5.74, 6) is 0.0975. The molecule has 3 rings (SSSR count). The van der Waals surface area contributed by atoms with Crippen LogP contribution in [0.1, 0.15) is 11.1 Å². The van der Waals surface area contributed by atoms with Gasteiger partial charge in [0.25, 0.3) is 11.6 Å². The van der Waals surface area contributed by atoms with Gasteiger partial charge in [-0.25, -0.2) is 0 Å². The average molecular weight is 543 g/mol. The van der Waals surface area contributed by atoms with Crippen molar-refractivity contribution in [3.63, 3.8) is 0 Å². The van der Waals surface area contributed by atoms with Crippen molar-refractivity contribution in [1.29, 1.82) is 5.26 Å². The molecule has 1 amide bonds. The Morgan fingerprint density at radius 3 is 2.56 bits per heavy atom. The van der Waals surface area contributed by atoms with E-state index in [9.17, 15) is 20.2 Å². The molecule has 0 heterocycles. The number of carbonyl (C=O) groups is 1. The third-order valence-corrected chi connectivity index (χ3v) is 5.34. The fourth-order valence-corrected chi connectivity index (χ4v) is 3.33. The zero-order chi connectivity index (χ0) is 24.7. The maximum absolute atomic E-state index is 12.6. The SMILES string of the molecule is COc1ccc(/C=C(\C#N)C(=O)Nc2ccc(Cl)cc2[N+](=O)[O-])cc1OCc1ccc(Br)cc1. The van der Waals surface area contributed by atoms with Crippen LogP contribution in [0.15, 0.2) is 70.7 Å². The zero-order valence-electron chi connectivity index (χ0n) is 17.7. The van der Waals surface area contributed by atoms with Crippen LogP contribution in [0, 0.1) is 21.4 Å². The molecule has 0 aliphatic rings. The number of halogens is 2. The third kappa shape index (κ3) is 6.34. The van der Waals surface area contributed by atoms with E-state index in [1.165, 1.54) is 25.3 Å². The Balaban J connectivity index is 1.83. The monoisotopic (exact) mass is 541 g/mol. The third-order valence-electron chi connectivity index (χ3n) is 4.58. The van der Waals surface area contributed by atoms with Crippen LogP contribution in [0.5, 0.6) is 11.5 Å². The Morgan fingerprint density at radius 1 is 1.18 bits per heavy atom. The molecule has 3 aromatic rings. The van der Waals surface area contributed by atoms with Gasteiger partial charge in [0.05, 0.1) is 12.0 Å². The molecule has 10 heteroatoms.